The molecule has 0 bridgehead atoms. The summed E-state index contributed by atoms with van der Waals surface area (Å²) >= 11 is 0. The molecule has 9 nitrogen and oxygen atoms in total. The Kier molecular flexibility index (Phi) is 63.1. The highest BCUT2D eigenvalue weighted by Gasteiger charge is 2.27. The van der Waals surface area contributed by atoms with Crippen LogP contribution in [0.2, 0.25) is 0 Å². The number of nitrogens with zero attached hydrogens (tertiary/aromatic N) is 1. The van der Waals surface area contributed by atoms with Crippen LogP contribution >= 0.6 is 7.82 Å². The monoisotopic (exact) mass is 1230 g/mol. The number of allylic oxidation sites excluding steroid dienone is 17. The van der Waals surface area contributed by atoms with E-state index in [1.54, 1.807) is 0 Å². The van der Waals surface area contributed by atoms with E-state index in [9.17, 15) is 19.0 Å². The first-order valence-electron chi connectivity index (χ1n) is 36.2. The number of rotatable bonds is 65. The molecule has 10 heteroatoms. The summed E-state index contributed by atoms with van der Waals surface area (Å²) in [5.74, 6) is -0.548. The van der Waals surface area contributed by atoms with Gasteiger partial charge in [-0.1, -0.05) is 297 Å². The molecule has 0 aromatic carbocycles. The lowest BCUT2D eigenvalue weighted by Crippen LogP contribution is -2.47. The normalized spacial score (nSPS) is 14.1. The summed E-state index contributed by atoms with van der Waals surface area (Å²) in [5.41, 5.74) is 0. The number of ether oxygens (including phenoxy) is 1. The largest absolute Gasteiger partial charge is 0.756 e. The van der Waals surface area contributed by atoms with Crippen molar-refractivity contribution < 1.29 is 37.3 Å². The number of unbranched alkanes of at least 4 members (excludes halogenated alkanes) is 33. The van der Waals surface area contributed by atoms with Crippen molar-refractivity contribution in [2.24, 2.45) is 0 Å². The summed E-state index contributed by atoms with van der Waals surface area (Å²) in [6.07, 6.45) is 90.7. The van der Waals surface area contributed by atoms with E-state index in [4.69, 9.17) is 13.8 Å². The van der Waals surface area contributed by atoms with E-state index in [1.807, 2.05) is 33.3 Å². The molecule has 0 spiro atoms. The first-order valence-corrected chi connectivity index (χ1v) is 37.7. The summed E-state index contributed by atoms with van der Waals surface area (Å²) in [7, 11) is 1.17. The molecule has 0 saturated heterocycles. The molecule has 0 aromatic heterocycles. The molecule has 0 aliphatic carbocycles. The first kappa shape index (κ1) is 83.7. The van der Waals surface area contributed by atoms with Gasteiger partial charge in [0.25, 0.3) is 7.82 Å². The van der Waals surface area contributed by atoms with Crippen LogP contribution in [0.5, 0.6) is 0 Å². The predicted octanol–water partition coefficient (Wildman–Crippen LogP) is 22.6. The van der Waals surface area contributed by atoms with Crippen LogP contribution in [0.4, 0.5) is 0 Å². The van der Waals surface area contributed by atoms with Gasteiger partial charge in [0.2, 0.25) is 5.91 Å². The quantitative estimate of drug-likeness (QED) is 0.0212. The SMILES string of the molecule is CC/C=C\C/C=C\C/C=C\C/C=C\C/C=C\CCCCCCCCCCCC(=O)OC(/C=C/CCCCCCCCCCC)C(COP(=O)([O-])OCC[N+](C)(C)C)NC(=O)CCCCCCCCCCCCCC/C=C\C/C=C\C/C=C\CCCCC. The Labute approximate surface area is 538 Å². The maximum atomic E-state index is 13.6. The molecule has 0 aliphatic heterocycles. The third-order valence-corrected chi connectivity index (χ3v) is 16.7. The Hall–Kier alpha value is -3.33. The number of phosphoric ester groups is 1. The fourth-order valence-corrected chi connectivity index (χ4v) is 10.9. The fraction of sp³-hybridized carbons (Fsp3) is 0.740. The van der Waals surface area contributed by atoms with E-state index in [1.165, 1.54) is 161 Å². The van der Waals surface area contributed by atoms with Gasteiger partial charge in [0.05, 0.1) is 33.8 Å². The van der Waals surface area contributed by atoms with Crippen molar-refractivity contribution in [2.45, 2.75) is 328 Å². The Morgan fingerprint density at radius 2 is 0.736 bits per heavy atom. The summed E-state index contributed by atoms with van der Waals surface area (Å²) in [4.78, 5) is 40.2. The minimum atomic E-state index is -4.71. The summed E-state index contributed by atoms with van der Waals surface area (Å²) in [6, 6.07) is -0.899. The zero-order valence-electron chi connectivity index (χ0n) is 57.4. The minimum Gasteiger partial charge on any atom is -0.756 e. The second-order valence-electron chi connectivity index (χ2n) is 25.4. The molecule has 0 aromatic rings. The lowest BCUT2D eigenvalue weighted by Gasteiger charge is -2.30. The van der Waals surface area contributed by atoms with Gasteiger partial charge in [-0.25, -0.2) is 0 Å². The number of hydrogen-bond acceptors (Lipinski definition) is 7. The number of hydrogen-bond donors (Lipinski definition) is 1. The Bertz CT molecular complexity index is 1860. The van der Waals surface area contributed by atoms with Crippen LogP contribution in [0, 0.1) is 0 Å². The number of esters is 1. The summed E-state index contributed by atoms with van der Waals surface area (Å²) in [5, 5.41) is 3.04. The molecular weight excluding hydrogens is 1100 g/mol. The van der Waals surface area contributed by atoms with Crippen molar-refractivity contribution in [3.63, 3.8) is 0 Å². The zero-order valence-corrected chi connectivity index (χ0v) is 58.3. The van der Waals surface area contributed by atoms with Crippen molar-refractivity contribution in [3.05, 3.63) is 109 Å². The minimum absolute atomic E-state index is 0.0278. The van der Waals surface area contributed by atoms with E-state index in [-0.39, 0.29) is 24.9 Å². The van der Waals surface area contributed by atoms with Crippen molar-refractivity contribution in [2.75, 3.05) is 40.9 Å². The maximum Gasteiger partial charge on any atom is 0.306 e. The Morgan fingerprint density at radius 1 is 0.414 bits per heavy atom. The van der Waals surface area contributed by atoms with E-state index in [2.05, 4.69) is 123 Å². The lowest BCUT2D eigenvalue weighted by molar-refractivity contribution is -0.870. The summed E-state index contributed by atoms with van der Waals surface area (Å²) in [6.45, 7) is 6.71. The standard InChI is InChI=1S/C77H137N2O7P/c1-7-10-13-16-19-22-25-27-29-31-33-35-37-39-41-43-45-47-49-51-54-57-60-63-66-69-76(80)78-74(73-85-87(82,83)84-72-71-79(4,5)6)75(68-65-62-59-56-53-24-21-18-15-12-9-3)86-77(81)70-67-64-61-58-55-52-50-48-46-44-42-40-38-36-34-32-30-28-26-23-20-17-14-11-8-2/h11,14,19-20,22-23,27-30,33-36,40,42,65,68,74-75H,7-10,12-13,15-18,21,24-26,31-32,37-39,41,43-64,66-67,69-73H2,1-6H3,(H-,78,80,82,83)/b14-11-,22-19-,23-20-,29-27-,30-28-,35-33-,36-34-,42-40-,68-65+. The highest BCUT2D eigenvalue weighted by Crippen LogP contribution is 2.38. The molecular formula is C77H137N2O7P. The van der Waals surface area contributed by atoms with Gasteiger partial charge in [-0.15, -0.1) is 0 Å². The van der Waals surface area contributed by atoms with Crippen LogP contribution in [0.3, 0.4) is 0 Å². The highest BCUT2D eigenvalue weighted by atomic mass is 31.2. The van der Waals surface area contributed by atoms with Crippen LogP contribution in [-0.4, -0.2) is 69.4 Å². The number of amides is 1. The van der Waals surface area contributed by atoms with Crippen molar-refractivity contribution in [1.29, 1.82) is 0 Å². The molecule has 1 amide bonds. The third-order valence-electron chi connectivity index (χ3n) is 15.7. The van der Waals surface area contributed by atoms with Gasteiger partial charge >= 0.3 is 5.97 Å². The maximum absolute atomic E-state index is 13.6. The first-order chi connectivity index (χ1) is 42.4. The van der Waals surface area contributed by atoms with Crippen LogP contribution in [0.15, 0.2) is 109 Å². The van der Waals surface area contributed by atoms with Gasteiger partial charge < -0.3 is 28.5 Å². The van der Waals surface area contributed by atoms with Crippen LogP contribution in [0.1, 0.15) is 316 Å². The van der Waals surface area contributed by atoms with Crippen molar-refractivity contribution >= 4 is 19.7 Å². The average molecular weight is 1230 g/mol. The van der Waals surface area contributed by atoms with E-state index in [0.717, 1.165) is 122 Å². The number of phosphoric acid groups is 1. The second kappa shape index (κ2) is 65.6. The fourth-order valence-electron chi connectivity index (χ4n) is 10.1. The number of carbonyl (C=O) groups excluding carboxylic acids is 2. The number of nitrogens with one attached hydrogen (secondary N) is 1. The molecule has 0 aliphatic rings. The van der Waals surface area contributed by atoms with E-state index >= 15 is 0 Å². The van der Waals surface area contributed by atoms with Gasteiger partial charge in [-0.3, -0.25) is 14.2 Å². The van der Waals surface area contributed by atoms with Gasteiger partial charge in [-0.05, 0) is 115 Å². The molecule has 0 saturated carbocycles. The third kappa shape index (κ3) is 66.9. The molecule has 0 heterocycles. The molecule has 0 fully saturated rings. The topological polar surface area (TPSA) is 114 Å². The molecule has 0 rings (SSSR count). The van der Waals surface area contributed by atoms with Crippen LogP contribution < -0.4 is 10.2 Å². The van der Waals surface area contributed by atoms with Crippen molar-refractivity contribution in [3.8, 4) is 0 Å². The number of carbonyl (C=O) groups is 2. The Balaban J connectivity index is 5.02. The molecule has 3 unspecified atom stereocenters. The Morgan fingerprint density at radius 3 is 1.13 bits per heavy atom. The smallest absolute Gasteiger partial charge is 0.306 e. The van der Waals surface area contributed by atoms with Gasteiger partial charge in [-0.2, -0.15) is 0 Å². The van der Waals surface area contributed by atoms with Gasteiger partial charge in [0.15, 0.2) is 0 Å². The van der Waals surface area contributed by atoms with Gasteiger partial charge in [0.1, 0.15) is 19.3 Å². The van der Waals surface area contributed by atoms with Crippen LogP contribution in [0.25, 0.3) is 0 Å². The number of quaternary nitrogens is 1. The molecule has 0 radical (unpaired) electrons. The van der Waals surface area contributed by atoms with Crippen molar-refractivity contribution in [1.82, 2.24) is 5.32 Å². The molecule has 3 atom stereocenters. The highest BCUT2D eigenvalue weighted by molar-refractivity contribution is 7.45. The van der Waals surface area contributed by atoms with E-state index < -0.39 is 26.6 Å². The predicted molar refractivity (Wildman–Crippen MR) is 376 cm³/mol. The summed E-state index contributed by atoms with van der Waals surface area (Å²) < 4.78 is 30.4. The number of likely N-dealkylation sites (N-methyl/N-ethyl adjacent to an activating group) is 1. The zero-order chi connectivity index (χ0) is 63.5. The average Bonchev–Trinajstić information content (AvgIpc) is 3.70. The molecule has 1 N–H and O–H groups in total. The van der Waals surface area contributed by atoms with E-state index in [0.29, 0.717) is 17.4 Å². The lowest BCUT2D eigenvalue weighted by atomic mass is 10.0. The van der Waals surface area contributed by atoms with Crippen LogP contribution in [-0.2, 0) is 27.9 Å². The molecule has 502 valence electrons. The second-order valence-corrected chi connectivity index (χ2v) is 26.8. The van der Waals surface area contributed by atoms with Gasteiger partial charge in [0, 0.05) is 12.8 Å². The molecule has 87 heavy (non-hydrogen) atoms.